The minimum Gasteiger partial charge on any atom is -0.340 e. The molecule has 0 saturated carbocycles. The molecule has 0 radical (unpaired) electrons. The minimum atomic E-state index is 0.558. The second-order valence-corrected chi connectivity index (χ2v) is 6.32. The van der Waals surface area contributed by atoms with Crippen molar-refractivity contribution >= 4 is 28.9 Å². The smallest absolute Gasteiger partial charge is 0.254 e. The highest BCUT2D eigenvalue weighted by atomic mass is 35.5. The van der Waals surface area contributed by atoms with Gasteiger partial charge in [-0.3, -0.25) is 0 Å². The molecule has 0 atom stereocenters. The van der Waals surface area contributed by atoms with Gasteiger partial charge in [0.2, 0.25) is 0 Å². The van der Waals surface area contributed by atoms with E-state index in [1.165, 1.54) is 0 Å². The van der Waals surface area contributed by atoms with Crippen LogP contribution in [0.1, 0.15) is 11.3 Å². The summed E-state index contributed by atoms with van der Waals surface area (Å²) in [7, 11) is 0. The fourth-order valence-electron chi connectivity index (χ4n) is 2.73. The number of rotatable bonds is 3. The number of halogens is 1. The zero-order valence-corrected chi connectivity index (χ0v) is 14.6. The van der Waals surface area contributed by atoms with Crippen molar-refractivity contribution in [1.82, 2.24) is 19.6 Å². The molecule has 0 aliphatic carbocycles. The lowest BCUT2D eigenvalue weighted by molar-refractivity contribution is 0.940. The van der Waals surface area contributed by atoms with Gasteiger partial charge in [-0.15, -0.1) is 5.10 Å². The van der Waals surface area contributed by atoms with Gasteiger partial charge in [-0.1, -0.05) is 41.9 Å². The minimum absolute atomic E-state index is 0.558. The Hall–Kier alpha value is -2.92. The average molecular weight is 350 g/mol. The molecular formula is C19H16ClN5. The van der Waals surface area contributed by atoms with Crippen LogP contribution >= 0.6 is 11.6 Å². The van der Waals surface area contributed by atoms with Crippen LogP contribution < -0.4 is 5.32 Å². The summed E-state index contributed by atoms with van der Waals surface area (Å²) in [6, 6.07) is 17.5. The number of hydrogen-bond acceptors (Lipinski definition) is 4. The third-order valence-electron chi connectivity index (χ3n) is 3.92. The van der Waals surface area contributed by atoms with E-state index in [9.17, 15) is 0 Å². The van der Waals surface area contributed by atoms with E-state index < -0.39 is 0 Å². The highest BCUT2D eigenvalue weighted by Gasteiger charge is 2.13. The maximum Gasteiger partial charge on any atom is 0.254 e. The monoisotopic (exact) mass is 349 g/mol. The number of aromatic nitrogens is 4. The number of anilines is 2. The standard InChI is InChI=1S/C19H16ClN5/c1-12-6-3-4-9-16(12)18-23-19-21-13(2)10-17(25(19)24-18)22-15-8-5-7-14(20)11-15/h3-11,22H,1-2H3. The zero-order valence-electron chi connectivity index (χ0n) is 13.9. The van der Waals surface area contributed by atoms with Crippen LogP contribution in [0, 0.1) is 13.8 Å². The lowest BCUT2D eigenvalue weighted by atomic mass is 10.1. The first-order valence-electron chi connectivity index (χ1n) is 7.93. The van der Waals surface area contributed by atoms with Gasteiger partial charge in [0.05, 0.1) is 0 Å². The second-order valence-electron chi connectivity index (χ2n) is 5.88. The molecule has 4 aromatic rings. The third-order valence-corrected chi connectivity index (χ3v) is 4.16. The Morgan fingerprint density at radius 2 is 1.80 bits per heavy atom. The van der Waals surface area contributed by atoms with Gasteiger partial charge in [0.15, 0.2) is 5.82 Å². The summed E-state index contributed by atoms with van der Waals surface area (Å²) in [5.74, 6) is 2.00. The topological polar surface area (TPSA) is 55.1 Å². The molecule has 0 bridgehead atoms. The molecule has 5 nitrogen and oxygen atoms in total. The molecule has 2 aromatic heterocycles. The van der Waals surface area contributed by atoms with Gasteiger partial charge in [0.1, 0.15) is 5.82 Å². The predicted molar refractivity (Wildman–Crippen MR) is 100 cm³/mol. The Morgan fingerprint density at radius 3 is 2.60 bits per heavy atom. The first kappa shape index (κ1) is 15.6. The van der Waals surface area contributed by atoms with Crippen molar-refractivity contribution in [1.29, 1.82) is 0 Å². The fourth-order valence-corrected chi connectivity index (χ4v) is 2.92. The number of aryl methyl sites for hydroxylation is 2. The molecule has 2 aromatic carbocycles. The van der Waals surface area contributed by atoms with Crippen LogP contribution in [0.25, 0.3) is 17.2 Å². The van der Waals surface area contributed by atoms with Crippen molar-refractivity contribution in [2.75, 3.05) is 5.32 Å². The van der Waals surface area contributed by atoms with E-state index >= 15 is 0 Å². The molecule has 0 fully saturated rings. The van der Waals surface area contributed by atoms with E-state index in [2.05, 4.69) is 20.4 Å². The Bertz CT molecular complexity index is 1070. The van der Waals surface area contributed by atoms with E-state index in [0.717, 1.165) is 28.3 Å². The molecule has 0 amide bonds. The van der Waals surface area contributed by atoms with E-state index in [-0.39, 0.29) is 0 Å². The van der Waals surface area contributed by atoms with Gasteiger partial charge in [-0.05, 0) is 37.6 Å². The fraction of sp³-hybridized carbons (Fsp3) is 0.105. The first-order valence-corrected chi connectivity index (χ1v) is 8.31. The summed E-state index contributed by atoms with van der Waals surface area (Å²) >= 11 is 6.08. The molecule has 0 aliphatic heterocycles. The normalized spacial score (nSPS) is 11.0. The van der Waals surface area contributed by atoms with E-state index in [0.29, 0.717) is 16.6 Å². The van der Waals surface area contributed by atoms with E-state index in [1.54, 1.807) is 4.52 Å². The summed E-state index contributed by atoms with van der Waals surface area (Å²) < 4.78 is 1.72. The van der Waals surface area contributed by atoms with Crippen LogP contribution in [0.15, 0.2) is 54.6 Å². The maximum absolute atomic E-state index is 6.08. The van der Waals surface area contributed by atoms with E-state index in [4.69, 9.17) is 11.6 Å². The molecule has 124 valence electrons. The number of fused-ring (bicyclic) bond motifs is 1. The molecule has 0 aliphatic rings. The summed E-state index contributed by atoms with van der Waals surface area (Å²) in [5.41, 5.74) is 3.87. The van der Waals surface area contributed by atoms with Crippen LogP contribution in [0.5, 0.6) is 0 Å². The van der Waals surface area contributed by atoms with Crippen LogP contribution in [-0.2, 0) is 0 Å². The van der Waals surface area contributed by atoms with Crippen molar-refractivity contribution in [2.24, 2.45) is 0 Å². The number of hydrogen-bond donors (Lipinski definition) is 1. The van der Waals surface area contributed by atoms with Gasteiger partial charge in [-0.2, -0.15) is 9.50 Å². The van der Waals surface area contributed by atoms with Crippen LogP contribution in [0.2, 0.25) is 5.02 Å². The van der Waals surface area contributed by atoms with Gasteiger partial charge in [0, 0.05) is 28.0 Å². The first-order chi connectivity index (χ1) is 12.1. The molecule has 0 spiro atoms. The molecule has 2 heterocycles. The summed E-state index contributed by atoms with van der Waals surface area (Å²) in [6.07, 6.45) is 0. The molecule has 25 heavy (non-hydrogen) atoms. The highest BCUT2D eigenvalue weighted by Crippen LogP contribution is 2.24. The zero-order chi connectivity index (χ0) is 17.4. The number of benzene rings is 2. The van der Waals surface area contributed by atoms with Crippen molar-refractivity contribution in [3.8, 4) is 11.4 Å². The summed E-state index contributed by atoms with van der Waals surface area (Å²) in [6.45, 7) is 3.98. The quantitative estimate of drug-likeness (QED) is 0.577. The molecule has 0 saturated heterocycles. The molecule has 4 rings (SSSR count). The Morgan fingerprint density at radius 1 is 0.960 bits per heavy atom. The van der Waals surface area contributed by atoms with Crippen molar-refractivity contribution in [2.45, 2.75) is 13.8 Å². The van der Waals surface area contributed by atoms with Gasteiger partial charge in [0.25, 0.3) is 5.78 Å². The van der Waals surface area contributed by atoms with Gasteiger partial charge in [-0.25, -0.2) is 4.98 Å². The van der Waals surface area contributed by atoms with Crippen LogP contribution in [0.4, 0.5) is 11.5 Å². The lowest BCUT2D eigenvalue weighted by Crippen LogP contribution is -2.02. The predicted octanol–water partition coefficient (Wildman–Crippen LogP) is 4.81. The van der Waals surface area contributed by atoms with Crippen molar-refractivity contribution in [3.05, 3.63) is 70.9 Å². The number of nitrogens with one attached hydrogen (secondary N) is 1. The second kappa shape index (κ2) is 6.18. The van der Waals surface area contributed by atoms with Crippen molar-refractivity contribution in [3.63, 3.8) is 0 Å². The van der Waals surface area contributed by atoms with E-state index in [1.807, 2.05) is 68.4 Å². The van der Waals surface area contributed by atoms with Gasteiger partial charge >= 0.3 is 0 Å². The number of nitrogens with zero attached hydrogens (tertiary/aromatic N) is 4. The van der Waals surface area contributed by atoms with Gasteiger partial charge < -0.3 is 5.32 Å². The van der Waals surface area contributed by atoms with Crippen molar-refractivity contribution < 1.29 is 0 Å². The molecular weight excluding hydrogens is 334 g/mol. The average Bonchev–Trinajstić information content (AvgIpc) is 2.99. The molecule has 0 unspecified atom stereocenters. The maximum atomic E-state index is 6.08. The Balaban J connectivity index is 1.83. The lowest BCUT2D eigenvalue weighted by Gasteiger charge is -2.08. The van der Waals surface area contributed by atoms with Crippen LogP contribution in [0.3, 0.4) is 0 Å². The third kappa shape index (κ3) is 3.06. The SMILES string of the molecule is Cc1cc(Nc2cccc(Cl)c2)n2nc(-c3ccccc3C)nc2n1. The van der Waals surface area contributed by atoms with Crippen LogP contribution in [-0.4, -0.2) is 19.6 Å². The summed E-state index contributed by atoms with van der Waals surface area (Å²) in [4.78, 5) is 9.09. The molecule has 6 heteroatoms. The Kier molecular flexibility index (Phi) is 3.86. The Labute approximate surface area is 150 Å². The summed E-state index contributed by atoms with van der Waals surface area (Å²) in [5, 5.41) is 8.67. The largest absolute Gasteiger partial charge is 0.340 e. The molecule has 1 N–H and O–H groups in total. The highest BCUT2D eigenvalue weighted by molar-refractivity contribution is 6.30.